The summed E-state index contributed by atoms with van der Waals surface area (Å²) in [6.45, 7) is 7.65. The van der Waals surface area contributed by atoms with E-state index in [2.05, 4.69) is 5.32 Å². The van der Waals surface area contributed by atoms with E-state index in [0.717, 1.165) is 11.3 Å². The van der Waals surface area contributed by atoms with Crippen molar-refractivity contribution in [2.75, 3.05) is 6.54 Å². The van der Waals surface area contributed by atoms with Crippen molar-refractivity contribution in [3.8, 4) is 0 Å². The summed E-state index contributed by atoms with van der Waals surface area (Å²) in [6.07, 6.45) is 2.99. The van der Waals surface area contributed by atoms with Crippen LogP contribution in [0, 0.1) is 0 Å². The Kier molecular flexibility index (Phi) is 5.18. The summed E-state index contributed by atoms with van der Waals surface area (Å²) in [5, 5.41) is 2.64. The first kappa shape index (κ1) is 15.3. The molecule has 5 nitrogen and oxygen atoms in total. The number of carbonyl (C=O) groups excluding carboxylic acids is 1. The van der Waals surface area contributed by atoms with Crippen molar-refractivity contribution < 1.29 is 13.9 Å². The Bertz CT molecular complexity index is 430. The molecule has 0 spiro atoms. The SMILES string of the molecule is C/C(=C\c1ccco1)C(N)CNC(=O)OC(C)(C)C. The lowest BCUT2D eigenvalue weighted by Crippen LogP contribution is -2.40. The molecule has 0 aromatic carbocycles. The summed E-state index contributed by atoms with van der Waals surface area (Å²) in [6, 6.07) is 3.37. The van der Waals surface area contributed by atoms with Crippen molar-refractivity contribution in [3.05, 3.63) is 29.7 Å². The largest absolute Gasteiger partial charge is 0.465 e. The number of rotatable bonds is 4. The predicted molar refractivity (Wildman–Crippen MR) is 74.6 cm³/mol. The zero-order valence-electron chi connectivity index (χ0n) is 11.9. The topological polar surface area (TPSA) is 77.5 Å². The first-order valence-electron chi connectivity index (χ1n) is 6.22. The molecule has 1 rings (SSSR count). The normalized spacial score (nSPS) is 14.1. The van der Waals surface area contributed by atoms with Crippen LogP contribution in [-0.2, 0) is 4.74 Å². The van der Waals surface area contributed by atoms with E-state index in [0.29, 0.717) is 6.54 Å². The van der Waals surface area contributed by atoms with Crippen molar-refractivity contribution >= 4 is 12.2 Å². The van der Waals surface area contributed by atoms with E-state index in [4.69, 9.17) is 14.9 Å². The van der Waals surface area contributed by atoms with Gasteiger partial charge in [0.05, 0.1) is 6.26 Å². The lowest BCUT2D eigenvalue weighted by atomic mass is 10.1. The van der Waals surface area contributed by atoms with E-state index in [-0.39, 0.29) is 6.04 Å². The van der Waals surface area contributed by atoms with Crippen LogP contribution >= 0.6 is 0 Å². The van der Waals surface area contributed by atoms with Crippen molar-refractivity contribution in [1.82, 2.24) is 5.32 Å². The van der Waals surface area contributed by atoms with Gasteiger partial charge in [-0.2, -0.15) is 0 Å². The molecule has 0 bridgehead atoms. The lowest BCUT2D eigenvalue weighted by Gasteiger charge is -2.21. The molecule has 0 aliphatic rings. The molecule has 3 N–H and O–H groups in total. The number of carbonyl (C=O) groups is 1. The standard InChI is InChI=1S/C14H22N2O3/c1-10(8-11-6-5-7-18-11)12(15)9-16-13(17)19-14(2,3)4/h5-8,12H,9,15H2,1-4H3,(H,16,17)/b10-8+. The average Bonchev–Trinajstić information content (AvgIpc) is 2.76. The molecule has 19 heavy (non-hydrogen) atoms. The first-order chi connectivity index (χ1) is 8.78. The highest BCUT2D eigenvalue weighted by molar-refractivity contribution is 5.67. The molecule has 1 amide bonds. The predicted octanol–water partition coefficient (Wildman–Crippen LogP) is 2.53. The van der Waals surface area contributed by atoms with E-state index < -0.39 is 11.7 Å². The minimum absolute atomic E-state index is 0.280. The van der Waals surface area contributed by atoms with Gasteiger partial charge in [0.15, 0.2) is 0 Å². The zero-order valence-corrected chi connectivity index (χ0v) is 11.9. The Morgan fingerprint density at radius 1 is 1.58 bits per heavy atom. The molecule has 5 heteroatoms. The third kappa shape index (κ3) is 6.10. The van der Waals surface area contributed by atoms with E-state index in [1.54, 1.807) is 6.26 Å². The third-order valence-corrected chi connectivity index (χ3v) is 2.36. The van der Waals surface area contributed by atoms with Crippen LogP contribution < -0.4 is 11.1 Å². The third-order valence-electron chi connectivity index (χ3n) is 2.36. The summed E-state index contributed by atoms with van der Waals surface area (Å²) in [5.41, 5.74) is 6.38. The number of furan rings is 1. The molecule has 0 aliphatic carbocycles. The number of hydrogen-bond acceptors (Lipinski definition) is 4. The molecular weight excluding hydrogens is 244 g/mol. The maximum Gasteiger partial charge on any atom is 0.407 e. The van der Waals surface area contributed by atoms with Gasteiger partial charge >= 0.3 is 6.09 Å². The van der Waals surface area contributed by atoms with Gasteiger partial charge < -0.3 is 20.2 Å². The molecule has 0 radical (unpaired) electrons. The Balaban J connectivity index is 2.43. The fourth-order valence-corrected chi connectivity index (χ4v) is 1.37. The number of ether oxygens (including phenoxy) is 1. The molecule has 106 valence electrons. The van der Waals surface area contributed by atoms with Crippen LogP contribution in [0.4, 0.5) is 4.79 Å². The van der Waals surface area contributed by atoms with Gasteiger partial charge in [-0.15, -0.1) is 0 Å². The molecule has 1 aromatic rings. The molecule has 1 atom stereocenters. The van der Waals surface area contributed by atoms with Gasteiger partial charge in [0, 0.05) is 12.6 Å². The minimum atomic E-state index is -0.507. The fourth-order valence-electron chi connectivity index (χ4n) is 1.37. The second-order valence-corrected chi connectivity index (χ2v) is 5.39. The smallest absolute Gasteiger partial charge is 0.407 e. The number of hydrogen-bond donors (Lipinski definition) is 2. The Morgan fingerprint density at radius 2 is 2.26 bits per heavy atom. The maximum absolute atomic E-state index is 11.5. The summed E-state index contributed by atoms with van der Waals surface area (Å²) < 4.78 is 10.3. The fraction of sp³-hybridized carbons (Fsp3) is 0.500. The van der Waals surface area contributed by atoms with E-state index in [1.165, 1.54) is 0 Å². The van der Waals surface area contributed by atoms with Gasteiger partial charge in [0.1, 0.15) is 11.4 Å². The molecule has 0 saturated heterocycles. The highest BCUT2D eigenvalue weighted by Crippen LogP contribution is 2.09. The van der Waals surface area contributed by atoms with Crippen molar-refractivity contribution in [2.45, 2.75) is 39.3 Å². The summed E-state index contributed by atoms with van der Waals surface area (Å²) >= 11 is 0. The van der Waals surface area contributed by atoms with Crippen molar-refractivity contribution in [1.29, 1.82) is 0 Å². The maximum atomic E-state index is 11.5. The Hall–Kier alpha value is -1.75. The van der Waals surface area contributed by atoms with Gasteiger partial charge in [-0.3, -0.25) is 0 Å². The quantitative estimate of drug-likeness (QED) is 0.878. The molecule has 1 heterocycles. The molecule has 0 saturated carbocycles. The van der Waals surface area contributed by atoms with Gasteiger partial charge in [-0.25, -0.2) is 4.79 Å². The second kappa shape index (κ2) is 6.43. The van der Waals surface area contributed by atoms with Crippen LogP contribution in [0.2, 0.25) is 0 Å². The summed E-state index contributed by atoms with van der Waals surface area (Å²) in [5.74, 6) is 0.741. The van der Waals surface area contributed by atoms with Gasteiger partial charge in [0.25, 0.3) is 0 Å². The Morgan fingerprint density at radius 3 is 2.79 bits per heavy atom. The molecule has 0 fully saturated rings. The van der Waals surface area contributed by atoms with Crippen LogP contribution in [0.3, 0.4) is 0 Å². The van der Waals surface area contributed by atoms with E-state index >= 15 is 0 Å². The molecule has 1 unspecified atom stereocenters. The average molecular weight is 266 g/mol. The van der Waals surface area contributed by atoms with Crippen LogP contribution in [0.5, 0.6) is 0 Å². The number of alkyl carbamates (subject to hydrolysis) is 1. The highest BCUT2D eigenvalue weighted by atomic mass is 16.6. The summed E-state index contributed by atoms with van der Waals surface area (Å²) in [7, 11) is 0. The van der Waals surface area contributed by atoms with Crippen molar-refractivity contribution in [2.24, 2.45) is 5.73 Å². The zero-order chi connectivity index (χ0) is 14.5. The monoisotopic (exact) mass is 266 g/mol. The Labute approximate surface area is 113 Å². The van der Waals surface area contributed by atoms with Crippen LogP contribution in [0.15, 0.2) is 28.4 Å². The van der Waals surface area contributed by atoms with Crippen LogP contribution in [-0.4, -0.2) is 24.3 Å². The van der Waals surface area contributed by atoms with E-state index in [1.807, 2.05) is 45.9 Å². The van der Waals surface area contributed by atoms with Gasteiger partial charge in [0.2, 0.25) is 0 Å². The molecular formula is C14H22N2O3. The van der Waals surface area contributed by atoms with Crippen LogP contribution in [0.25, 0.3) is 6.08 Å². The molecule has 1 aromatic heterocycles. The van der Waals surface area contributed by atoms with Crippen molar-refractivity contribution in [3.63, 3.8) is 0 Å². The summed E-state index contributed by atoms with van der Waals surface area (Å²) in [4.78, 5) is 11.5. The number of amides is 1. The molecule has 0 aliphatic heterocycles. The first-order valence-corrected chi connectivity index (χ1v) is 6.22. The number of nitrogens with one attached hydrogen (secondary N) is 1. The second-order valence-electron chi connectivity index (χ2n) is 5.39. The minimum Gasteiger partial charge on any atom is -0.465 e. The van der Waals surface area contributed by atoms with Gasteiger partial charge in [-0.05, 0) is 45.9 Å². The lowest BCUT2D eigenvalue weighted by molar-refractivity contribution is 0.0526. The van der Waals surface area contributed by atoms with E-state index in [9.17, 15) is 4.79 Å². The van der Waals surface area contributed by atoms with Crippen LogP contribution in [0.1, 0.15) is 33.5 Å². The van der Waals surface area contributed by atoms with Gasteiger partial charge in [-0.1, -0.05) is 5.57 Å². The highest BCUT2D eigenvalue weighted by Gasteiger charge is 2.16. The number of nitrogens with two attached hydrogens (primary N) is 1.